The van der Waals surface area contributed by atoms with Crippen LogP contribution in [0.25, 0.3) is 0 Å². The summed E-state index contributed by atoms with van der Waals surface area (Å²) in [6.07, 6.45) is 0.469. The highest BCUT2D eigenvalue weighted by atomic mass is 32.2. The normalized spacial score (nSPS) is 18.1. The number of sulfone groups is 1. The van der Waals surface area contributed by atoms with Gasteiger partial charge in [-0.1, -0.05) is 0 Å². The summed E-state index contributed by atoms with van der Waals surface area (Å²) < 4.78 is 35.4. The van der Waals surface area contributed by atoms with E-state index in [2.05, 4.69) is 18.7 Å². The van der Waals surface area contributed by atoms with Gasteiger partial charge in [0, 0.05) is 19.1 Å². The van der Waals surface area contributed by atoms with Crippen molar-refractivity contribution in [2.45, 2.75) is 49.3 Å². The SMILES string of the molecule is CCOC(=O)C1(S(=O)(=O)c2ccc(OC)cc2)CCN(C(C)C)CC1. The van der Waals surface area contributed by atoms with E-state index in [0.29, 0.717) is 24.9 Å². The Kier molecular flexibility index (Phi) is 6.11. The van der Waals surface area contributed by atoms with Gasteiger partial charge in [0.05, 0.1) is 18.6 Å². The summed E-state index contributed by atoms with van der Waals surface area (Å²) in [4.78, 5) is 15.0. The number of hydrogen-bond acceptors (Lipinski definition) is 6. The van der Waals surface area contributed by atoms with E-state index in [1.165, 1.54) is 19.2 Å². The largest absolute Gasteiger partial charge is 0.497 e. The van der Waals surface area contributed by atoms with Crippen molar-refractivity contribution >= 4 is 15.8 Å². The summed E-state index contributed by atoms with van der Waals surface area (Å²) in [5.74, 6) is -0.0759. The molecule has 0 unspecified atom stereocenters. The average Bonchev–Trinajstić information content (AvgIpc) is 2.61. The Hall–Kier alpha value is -1.60. The molecule has 0 N–H and O–H groups in total. The lowest BCUT2D eigenvalue weighted by Crippen LogP contribution is -2.56. The number of rotatable bonds is 6. The van der Waals surface area contributed by atoms with Crippen molar-refractivity contribution in [3.05, 3.63) is 24.3 Å². The summed E-state index contributed by atoms with van der Waals surface area (Å²) in [5.41, 5.74) is 0. The van der Waals surface area contributed by atoms with Crippen molar-refractivity contribution in [1.82, 2.24) is 4.90 Å². The minimum Gasteiger partial charge on any atom is -0.497 e. The molecule has 0 aliphatic carbocycles. The molecule has 1 aliphatic heterocycles. The van der Waals surface area contributed by atoms with E-state index in [0.717, 1.165) is 0 Å². The zero-order valence-corrected chi connectivity index (χ0v) is 16.1. The molecule has 25 heavy (non-hydrogen) atoms. The first-order valence-electron chi connectivity index (χ1n) is 8.58. The van der Waals surface area contributed by atoms with Crippen LogP contribution in [0.5, 0.6) is 5.75 Å². The zero-order chi connectivity index (χ0) is 18.7. The maximum Gasteiger partial charge on any atom is 0.327 e. The van der Waals surface area contributed by atoms with Gasteiger partial charge in [-0.25, -0.2) is 8.42 Å². The second-order valence-corrected chi connectivity index (χ2v) is 8.78. The van der Waals surface area contributed by atoms with Gasteiger partial charge in [0.1, 0.15) is 5.75 Å². The lowest BCUT2D eigenvalue weighted by Gasteiger charge is -2.40. The van der Waals surface area contributed by atoms with Crippen LogP contribution >= 0.6 is 0 Å². The van der Waals surface area contributed by atoms with Crippen LogP contribution in [0.1, 0.15) is 33.6 Å². The molecule has 2 rings (SSSR count). The molecule has 0 spiro atoms. The van der Waals surface area contributed by atoms with E-state index >= 15 is 0 Å². The molecule has 1 aliphatic rings. The van der Waals surface area contributed by atoms with Crippen molar-refractivity contribution in [2.24, 2.45) is 0 Å². The molecule has 6 nitrogen and oxygen atoms in total. The number of esters is 1. The molecule has 1 fully saturated rings. The Labute approximate surface area is 150 Å². The molecule has 0 atom stereocenters. The van der Waals surface area contributed by atoms with Crippen molar-refractivity contribution in [3.8, 4) is 5.75 Å². The Morgan fingerprint density at radius 1 is 1.20 bits per heavy atom. The van der Waals surface area contributed by atoms with Crippen molar-refractivity contribution < 1.29 is 22.7 Å². The van der Waals surface area contributed by atoms with Gasteiger partial charge < -0.3 is 14.4 Å². The number of likely N-dealkylation sites (tertiary alicyclic amines) is 1. The van der Waals surface area contributed by atoms with Crippen LogP contribution in [0, 0.1) is 0 Å². The van der Waals surface area contributed by atoms with E-state index in [9.17, 15) is 13.2 Å². The first kappa shape index (κ1) is 19.7. The second kappa shape index (κ2) is 7.74. The molecule has 1 aromatic rings. The average molecular weight is 369 g/mol. The topological polar surface area (TPSA) is 72.9 Å². The lowest BCUT2D eigenvalue weighted by molar-refractivity contribution is -0.147. The van der Waals surface area contributed by atoms with E-state index < -0.39 is 20.6 Å². The maximum absolute atomic E-state index is 13.3. The number of nitrogens with zero attached hydrogens (tertiary/aromatic N) is 1. The highest BCUT2D eigenvalue weighted by Gasteiger charge is 2.54. The molecule has 0 radical (unpaired) electrons. The summed E-state index contributed by atoms with van der Waals surface area (Å²) in [5, 5.41) is 0. The minimum absolute atomic E-state index is 0.124. The van der Waals surface area contributed by atoms with Crippen LogP contribution in [-0.4, -0.2) is 56.9 Å². The fourth-order valence-corrected chi connectivity index (χ4v) is 5.17. The Bertz CT molecular complexity index is 689. The molecular weight excluding hydrogens is 342 g/mol. The smallest absolute Gasteiger partial charge is 0.327 e. The van der Waals surface area contributed by atoms with Gasteiger partial charge in [-0.2, -0.15) is 0 Å². The predicted octanol–water partition coefficient (Wildman–Crippen LogP) is 2.28. The van der Waals surface area contributed by atoms with Crippen LogP contribution in [0.3, 0.4) is 0 Å². The summed E-state index contributed by atoms with van der Waals surface area (Å²) in [7, 11) is -2.36. The Morgan fingerprint density at radius 2 is 1.76 bits per heavy atom. The van der Waals surface area contributed by atoms with Crippen LogP contribution in [0.15, 0.2) is 29.2 Å². The number of methoxy groups -OCH3 is 1. The standard InChI is InChI=1S/C18H27NO5S/c1-5-24-17(20)18(10-12-19(13-11-18)14(2)3)25(21,22)16-8-6-15(23-4)7-9-16/h6-9,14H,5,10-13H2,1-4H3. The molecule has 7 heteroatoms. The van der Waals surface area contributed by atoms with Crippen molar-refractivity contribution in [3.63, 3.8) is 0 Å². The van der Waals surface area contributed by atoms with Crippen LogP contribution < -0.4 is 4.74 Å². The number of benzene rings is 1. The summed E-state index contributed by atoms with van der Waals surface area (Å²) >= 11 is 0. The van der Waals surface area contributed by atoms with Crippen LogP contribution in [-0.2, 0) is 19.4 Å². The first-order chi connectivity index (χ1) is 11.8. The van der Waals surface area contributed by atoms with Gasteiger partial charge in [-0.05, 0) is 57.9 Å². The third kappa shape index (κ3) is 3.67. The van der Waals surface area contributed by atoms with Crippen LogP contribution in [0.2, 0.25) is 0 Å². The summed E-state index contributed by atoms with van der Waals surface area (Å²) in [6, 6.07) is 6.47. The molecule has 0 aromatic heterocycles. The Balaban J connectivity index is 2.42. The third-order valence-electron chi connectivity index (χ3n) is 4.87. The molecule has 0 saturated carbocycles. The van der Waals surface area contributed by atoms with Gasteiger partial charge in [-0.3, -0.25) is 4.79 Å². The fraction of sp³-hybridized carbons (Fsp3) is 0.611. The van der Waals surface area contributed by atoms with E-state index in [1.54, 1.807) is 19.1 Å². The number of carbonyl (C=O) groups is 1. The highest BCUT2D eigenvalue weighted by Crippen LogP contribution is 2.37. The molecule has 1 saturated heterocycles. The van der Waals surface area contributed by atoms with Crippen molar-refractivity contribution in [2.75, 3.05) is 26.8 Å². The second-order valence-electron chi connectivity index (χ2n) is 6.52. The highest BCUT2D eigenvalue weighted by molar-refractivity contribution is 7.93. The molecule has 0 amide bonds. The quantitative estimate of drug-likeness (QED) is 0.716. The third-order valence-corrected chi connectivity index (χ3v) is 7.36. The molecule has 140 valence electrons. The van der Waals surface area contributed by atoms with Crippen molar-refractivity contribution in [1.29, 1.82) is 0 Å². The predicted molar refractivity (Wildman–Crippen MR) is 95.5 cm³/mol. The Morgan fingerprint density at radius 3 is 2.20 bits per heavy atom. The number of carbonyl (C=O) groups excluding carboxylic acids is 1. The van der Waals surface area contributed by atoms with Gasteiger partial charge in [0.2, 0.25) is 0 Å². The van der Waals surface area contributed by atoms with Gasteiger partial charge in [0.15, 0.2) is 14.6 Å². The number of ether oxygens (including phenoxy) is 2. The zero-order valence-electron chi connectivity index (χ0n) is 15.3. The minimum atomic E-state index is -3.88. The fourth-order valence-electron chi connectivity index (χ4n) is 3.23. The molecule has 1 heterocycles. The number of hydrogen-bond donors (Lipinski definition) is 0. The van der Waals surface area contributed by atoms with E-state index in [4.69, 9.17) is 9.47 Å². The first-order valence-corrected chi connectivity index (χ1v) is 10.1. The van der Waals surface area contributed by atoms with Gasteiger partial charge >= 0.3 is 5.97 Å². The van der Waals surface area contributed by atoms with E-state index in [-0.39, 0.29) is 24.3 Å². The summed E-state index contributed by atoms with van der Waals surface area (Å²) in [6.45, 7) is 7.07. The monoisotopic (exact) mass is 369 g/mol. The maximum atomic E-state index is 13.3. The lowest BCUT2D eigenvalue weighted by atomic mass is 9.95. The molecule has 0 bridgehead atoms. The molecular formula is C18H27NO5S. The van der Waals surface area contributed by atoms with E-state index in [1.807, 2.05) is 0 Å². The molecule has 1 aromatic carbocycles. The van der Waals surface area contributed by atoms with Crippen LogP contribution in [0.4, 0.5) is 0 Å². The van der Waals surface area contributed by atoms with Gasteiger partial charge in [0.25, 0.3) is 0 Å². The number of piperidine rings is 1. The van der Waals surface area contributed by atoms with Gasteiger partial charge in [-0.15, -0.1) is 0 Å².